The zero-order valence-electron chi connectivity index (χ0n) is 13.3. The number of nitrogens with two attached hydrogens (primary N) is 1. The lowest BCUT2D eigenvalue weighted by Crippen LogP contribution is -2.42. The van der Waals surface area contributed by atoms with Gasteiger partial charge in [-0.3, -0.25) is 0 Å². The van der Waals surface area contributed by atoms with Crippen molar-refractivity contribution in [1.82, 2.24) is 4.90 Å². The molecule has 1 aliphatic rings. The number of methoxy groups -OCH3 is 3. The van der Waals surface area contributed by atoms with E-state index < -0.39 is 0 Å². The van der Waals surface area contributed by atoms with Crippen LogP contribution in [0.15, 0.2) is 17.1 Å². The van der Waals surface area contributed by atoms with Crippen molar-refractivity contribution in [2.24, 2.45) is 10.7 Å². The first-order chi connectivity index (χ1) is 10.7. The topological polar surface area (TPSA) is 69.3 Å². The molecule has 7 heteroatoms. The predicted molar refractivity (Wildman–Crippen MR) is 90.3 cm³/mol. The van der Waals surface area contributed by atoms with E-state index in [-0.39, 0.29) is 0 Å². The van der Waals surface area contributed by atoms with E-state index >= 15 is 0 Å². The van der Waals surface area contributed by atoms with Crippen molar-refractivity contribution in [3.8, 4) is 17.2 Å². The zero-order chi connectivity index (χ0) is 15.9. The van der Waals surface area contributed by atoms with Crippen LogP contribution in [0.5, 0.6) is 17.2 Å². The summed E-state index contributed by atoms with van der Waals surface area (Å²) in [5.41, 5.74) is 7.00. The molecule has 0 aliphatic carbocycles. The first-order valence-corrected chi connectivity index (χ1v) is 8.26. The highest BCUT2D eigenvalue weighted by molar-refractivity contribution is 7.99. The predicted octanol–water partition coefficient (Wildman–Crippen LogP) is 1.58. The summed E-state index contributed by atoms with van der Waals surface area (Å²) in [4.78, 5) is 6.61. The summed E-state index contributed by atoms with van der Waals surface area (Å²) in [5, 5.41) is 0. The third-order valence-corrected chi connectivity index (χ3v) is 4.48. The molecule has 0 unspecified atom stereocenters. The van der Waals surface area contributed by atoms with Gasteiger partial charge in [-0.2, -0.15) is 11.8 Å². The second kappa shape index (κ2) is 8.03. The van der Waals surface area contributed by atoms with E-state index in [2.05, 4.69) is 9.89 Å². The van der Waals surface area contributed by atoms with Gasteiger partial charge in [-0.05, 0) is 6.07 Å². The van der Waals surface area contributed by atoms with Crippen LogP contribution in [0.1, 0.15) is 5.56 Å². The molecule has 0 bridgehead atoms. The van der Waals surface area contributed by atoms with Crippen LogP contribution in [0.4, 0.5) is 0 Å². The molecule has 22 heavy (non-hydrogen) atoms. The Bertz CT molecular complexity index is 531. The monoisotopic (exact) mass is 325 g/mol. The number of guanidine groups is 1. The Morgan fingerprint density at radius 1 is 1.09 bits per heavy atom. The number of ether oxygens (including phenoxy) is 3. The summed E-state index contributed by atoms with van der Waals surface area (Å²) in [6.07, 6.45) is 0. The highest BCUT2D eigenvalue weighted by atomic mass is 32.2. The van der Waals surface area contributed by atoms with Gasteiger partial charge in [0, 0.05) is 36.2 Å². The zero-order valence-corrected chi connectivity index (χ0v) is 14.1. The molecule has 1 fully saturated rings. The molecule has 2 rings (SSSR count). The molecule has 0 radical (unpaired) electrons. The van der Waals surface area contributed by atoms with Crippen LogP contribution in [0, 0.1) is 0 Å². The Morgan fingerprint density at radius 3 is 2.27 bits per heavy atom. The minimum Gasteiger partial charge on any atom is -0.496 e. The van der Waals surface area contributed by atoms with Crippen molar-refractivity contribution in [3.63, 3.8) is 0 Å². The summed E-state index contributed by atoms with van der Waals surface area (Å²) in [6.45, 7) is 2.34. The highest BCUT2D eigenvalue weighted by Crippen LogP contribution is 2.34. The van der Waals surface area contributed by atoms with E-state index in [1.165, 1.54) is 0 Å². The van der Waals surface area contributed by atoms with Crippen LogP contribution in [0.3, 0.4) is 0 Å². The lowest BCUT2D eigenvalue weighted by Gasteiger charge is -2.27. The maximum absolute atomic E-state index is 6.08. The number of nitrogens with zero attached hydrogens (tertiary/aromatic N) is 2. The fourth-order valence-corrected chi connectivity index (χ4v) is 3.18. The largest absolute Gasteiger partial charge is 0.496 e. The maximum atomic E-state index is 6.08. The van der Waals surface area contributed by atoms with Crippen molar-refractivity contribution in [1.29, 1.82) is 0 Å². The molecule has 0 aromatic heterocycles. The SMILES string of the molecule is COc1cc(OC)c(OC)cc1CN=C(N)N1CCSCC1. The lowest BCUT2D eigenvalue weighted by molar-refractivity contribution is 0.347. The molecule has 2 N–H and O–H groups in total. The normalized spacial score (nSPS) is 15.6. The minimum atomic E-state index is 0.443. The summed E-state index contributed by atoms with van der Waals surface area (Å²) in [7, 11) is 4.83. The molecule has 0 spiro atoms. The van der Waals surface area contributed by atoms with E-state index in [1.54, 1.807) is 27.4 Å². The molecular formula is C15H23N3O3S. The smallest absolute Gasteiger partial charge is 0.191 e. The van der Waals surface area contributed by atoms with Crippen LogP contribution in [-0.4, -0.2) is 56.8 Å². The van der Waals surface area contributed by atoms with Crippen LogP contribution >= 0.6 is 11.8 Å². The van der Waals surface area contributed by atoms with E-state index in [4.69, 9.17) is 19.9 Å². The van der Waals surface area contributed by atoms with Gasteiger partial charge in [0.15, 0.2) is 17.5 Å². The van der Waals surface area contributed by atoms with Gasteiger partial charge in [0.05, 0.1) is 27.9 Å². The van der Waals surface area contributed by atoms with Gasteiger partial charge in [-0.25, -0.2) is 4.99 Å². The number of thioether (sulfide) groups is 1. The van der Waals surface area contributed by atoms with Gasteiger partial charge in [-0.15, -0.1) is 0 Å². The average molecular weight is 325 g/mol. The van der Waals surface area contributed by atoms with Crippen molar-refractivity contribution in [2.75, 3.05) is 45.9 Å². The molecule has 122 valence electrons. The van der Waals surface area contributed by atoms with Crippen LogP contribution in [0.2, 0.25) is 0 Å². The molecule has 1 aromatic rings. The highest BCUT2D eigenvalue weighted by Gasteiger charge is 2.14. The molecule has 1 aliphatic heterocycles. The quantitative estimate of drug-likeness (QED) is 0.655. The Hall–Kier alpha value is -1.76. The molecule has 1 aromatic carbocycles. The molecule has 6 nitrogen and oxygen atoms in total. The first-order valence-electron chi connectivity index (χ1n) is 7.11. The van der Waals surface area contributed by atoms with Gasteiger partial charge >= 0.3 is 0 Å². The van der Waals surface area contributed by atoms with E-state index in [9.17, 15) is 0 Å². The maximum Gasteiger partial charge on any atom is 0.191 e. The first kappa shape index (κ1) is 16.6. The third-order valence-electron chi connectivity index (χ3n) is 3.53. The second-order valence-electron chi connectivity index (χ2n) is 4.79. The average Bonchev–Trinajstić information content (AvgIpc) is 2.59. The van der Waals surface area contributed by atoms with Crippen molar-refractivity contribution >= 4 is 17.7 Å². The molecule has 1 heterocycles. The fraction of sp³-hybridized carbons (Fsp3) is 0.533. The molecule has 0 amide bonds. The van der Waals surface area contributed by atoms with Crippen molar-refractivity contribution in [2.45, 2.75) is 6.54 Å². The van der Waals surface area contributed by atoms with Crippen LogP contribution in [-0.2, 0) is 6.54 Å². The third kappa shape index (κ3) is 3.91. The number of rotatable bonds is 5. The Balaban J connectivity index is 2.17. The van der Waals surface area contributed by atoms with E-state index in [1.807, 2.05) is 17.8 Å². The van der Waals surface area contributed by atoms with Crippen molar-refractivity contribution in [3.05, 3.63) is 17.7 Å². The Labute approximate surface area is 135 Å². The Kier molecular flexibility index (Phi) is 6.06. The Morgan fingerprint density at radius 2 is 1.68 bits per heavy atom. The van der Waals surface area contributed by atoms with Crippen molar-refractivity contribution < 1.29 is 14.2 Å². The number of hydrogen-bond acceptors (Lipinski definition) is 5. The summed E-state index contributed by atoms with van der Waals surface area (Å²) < 4.78 is 16.0. The minimum absolute atomic E-state index is 0.443. The molecule has 0 saturated carbocycles. The van der Waals surface area contributed by atoms with Gasteiger partial charge in [0.2, 0.25) is 0 Å². The van der Waals surface area contributed by atoms with Gasteiger partial charge in [-0.1, -0.05) is 0 Å². The summed E-state index contributed by atoms with van der Waals surface area (Å²) in [6, 6.07) is 3.68. The van der Waals surface area contributed by atoms with E-state index in [0.717, 1.165) is 30.2 Å². The standard InChI is InChI=1S/C15H23N3O3S/c1-19-12-9-14(21-3)13(20-2)8-11(12)10-17-15(16)18-4-6-22-7-5-18/h8-9H,4-7,10H2,1-3H3,(H2,16,17). The van der Waals surface area contributed by atoms with Gasteiger partial charge < -0.3 is 24.8 Å². The van der Waals surface area contributed by atoms with Crippen LogP contribution in [0.25, 0.3) is 0 Å². The molecule has 0 atom stereocenters. The van der Waals surface area contributed by atoms with Crippen LogP contribution < -0.4 is 19.9 Å². The summed E-state index contributed by atoms with van der Waals surface area (Å²) >= 11 is 1.94. The number of hydrogen-bond donors (Lipinski definition) is 1. The number of benzene rings is 1. The number of aliphatic imine (C=N–C) groups is 1. The lowest BCUT2D eigenvalue weighted by atomic mass is 10.1. The molecule has 1 saturated heterocycles. The summed E-state index contributed by atoms with van der Waals surface area (Å²) in [5.74, 6) is 4.77. The fourth-order valence-electron chi connectivity index (χ4n) is 2.27. The molecular weight excluding hydrogens is 302 g/mol. The van der Waals surface area contributed by atoms with Gasteiger partial charge in [0.25, 0.3) is 0 Å². The van der Waals surface area contributed by atoms with Gasteiger partial charge in [0.1, 0.15) is 5.75 Å². The second-order valence-corrected chi connectivity index (χ2v) is 6.02. The van der Waals surface area contributed by atoms with E-state index in [0.29, 0.717) is 29.8 Å².